The number of rotatable bonds is 4. The first kappa shape index (κ1) is 19.5. The number of piperazine rings is 1. The largest absolute Gasteiger partial charge is 0.378 e. The van der Waals surface area contributed by atoms with Gasteiger partial charge in [0.2, 0.25) is 11.8 Å². The van der Waals surface area contributed by atoms with Crippen molar-refractivity contribution in [1.29, 1.82) is 0 Å². The van der Waals surface area contributed by atoms with Gasteiger partial charge in [-0.3, -0.25) is 9.59 Å². The molecule has 3 rings (SSSR count). The summed E-state index contributed by atoms with van der Waals surface area (Å²) in [6.07, 6.45) is 0.769. The molecule has 9 heteroatoms. The lowest BCUT2D eigenvalue weighted by Gasteiger charge is -2.39. The zero-order chi connectivity index (χ0) is 19.4. The minimum atomic E-state index is -0.472. The third-order valence-corrected chi connectivity index (χ3v) is 5.21. The second-order valence-electron chi connectivity index (χ2n) is 6.98. The molecule has 148 valence electrons. The Balaban J connectivity index is 1.66. The first-order valence-electron chi connectivity index (χ1n) is 9.40. The van der Waals surface area contributed by atoms with Crippen molar-refractivity contribution in [1.82, 2.24) is 25.1 Å². The van der Waals surface area contributed by atoms with E-state index in [9.17, 15) is 14.4 Å². The fourth-order valence-corrected chi connectivity index (χ4v) is 3.72. The number of morpholine rings is 1. The summed E-state index contributed by atoms with van der Waals surface area (Å²) in [5.74, 6) is -0.0648. The van der Waals surface area contributed by atoms with Crippen LogP contribution in [0, 0.1) is 13.8 Å². The second-order valence-corrected chi connectivity index (χ2v) is 6.98. The van der Waals surface area contributed by atoms with Crippen LogP contribution >= 0.6 is 0 Å². The Kier molecular flexibility index (Phi) is 6.22. The van der Waals surface area contributed by atoms with E-state index < -0.39 is 6.04 Å². The van der Waals surface area contributed by atoms with Crippen molar-refractivity contribution in [2.24, 2.45) is 0 Å². The normalized spacial score (nSPS) is 20.6. The standard InChI is InChI=1S/C18H27N5O4/c1-12-14(13(2)21-18(26)20-12)3-4-16(24)23-6-5-19-11-15(23)17(25)22-7-9-27-10-8-22/h15,19H,3-11H2,1-2H3,(H,20,21,26). The number of aromatic nitrogens is 2. The maximum atomic E-state index is 12.9. The van der Waals surface area contributed by atoms with Crippen LogP contribution in [-0.2, 0) is 20.7 Å². The SMILES string of the molecule is Cc1nc(=O)[nH]c(C)c1CCC(=O)N1CCNCC1C(=O)N1CCOCC1. The molecule has 0 radical (unpaired) electrons. The Morgan fingerprint density at radius 1 is 1.22 bits per heavy atom. The van der Waals surface area contributed by atoms with Crippen molar-refractivity contribution in [3.8, 4) is 0 Å². The molecule has 3 heterocycles. The maximum Gasteiger partial charge on any atom is 0.345 e. The number of ether oxygens (including phenoxy) is 1. The van der Waals surface area contributed by atoms with Gasteiger partial charge in [-0.15, -0.1) is 0 Å². The molecule has 0 spiro atoms. The van der Waals surface area contributed by atoms with Gasteiger partial charge in [-0.2, -0.15) is 4.98 Å². The van der Waals surface area contributed by atoms with Crippen LogP contribution in [0.25, 0.3) is 0 Å². The number of carbonyl (C=O) groups is 2. The minimum Gasteiger partial charge on any atom is -0.378 e. The minimum absolute atomic E-state index is 0.0167. The Morgan fingerprint density at radius 2 is 1.96 bits per heavy atom. The van der Waals surface area contributed by atoms with Crippen molar-refractivity contribution in [2.45, 2.75) is 32.7 Å². The van der Waals surface area contributed by atoms with Crippen molar-refractivity contribution in [3.63, 3.8) is 0 Å². The van der Waals surface area contributed by atoms with E-state index in [1.165, 1.54) is 0 Å². The number of nitrogens with zero attached hydrogens (tertiary/aromatic N) is 3. The summed E-state index contributed by atoms with van der Waals surface area (Å²) in [6.45, 7) is 7.47. The molecule has 9 nitrogen and oxygen atoms in total. The summed E-state index contributed by atoms with van der Waals surface area (Å²) in [6, 6.07) is -0.472. The highest BCUT2D eigenvalue weighted by Gasteiger charge is 2.35. The van der Waals surface area contributed by atoms with E-state index in [2.05, 4.69) is 15.3 Å². The average Bonchev–Trinajstić information content (AvgIpc) is 2.67. The fraction of sp³-hybridized carbons (Fsp3) is 0.667. The molecular formula is C18H27N5O4. The third-order valence-electron chi connectivity index (χ3n) is 5.21. The Morgan fingerprint density at radius 3 is 2.67 bits per heavy atom. The van der Waals surface area contributed by atoms with Gasteiger partial charge in [0, 0.05) is 50.5 Å². The van der Waals surface area contributed by atoms with Crippen LogP contribution < -0.4 is 11.0 Å². The lowest BCUT2D eigenvalue weighted by atomic mass is 10.0. The number of hydrogen-bond donors (Lipinski definition) is 2. The quantitative estimate of drug-likeness (QED) is 0.695. The summed E-state index contributed by atoms with van der Waals surface area (Å²) >= 11 is 0. The lowest BCUT2D eigenvalue weighted by Crippen LogP contribution is -2.61. The predicted molar refractivity (Wildman–Crippen MR) is 98.4 cm³/mol. The van der Waals surface area contributed by atoms with Crippen molar-refractivity contribution in [3.05, 3.63) is 27.4 Å². The van der Waals surface area contributed by atoms with Crippen molar-refractivity contribution >= 4 is 11.8 Å². The summed E-state index contributed by atoms with van der Waals surface area (Å²) in [5, 5.41) is 3.22. The van der Waals surface area contributed by atoms with E-state index in [-0.39, 0.29) is 23.9 Å². The summed E-state index contributed by atoms with van der Waals surface area (Å²) in [7, 11) is 0. The molecule has 1 aromatic heterocycles. The molecule has 2 N–H and O–H groups in total. The molecular weight excluding hydrogens is 350 g/mol. The van der Waals surface area contributed by atoms with Crippen LogP contribution in [0.5, 0.6) is 0 Å². The first-order valence-corrected chi connectivity index (χ1v) is 9.40. The van der Waals surface area contributed by atoms with Crippen LogP contribution in [0.3, 0.4) is 0 Å². The number of aryl methyl sites for hydroxylation is 2. The topological polar surface area (TPSA) is 108 Å². The number of carbonyl (C=O) groups excluding carboxylic acids is 2. The van der Waals surface area contributed by atoms with Gasteiger partial charge >= 0.3 is 5.69 Å². The lowest BCUT2D eigenvalue weighted by molar-refractivity contribution is -0.149. The van der Waals surface area contributed by atoms with E-state index in [0.29, 0.717) is 58.1 Å². The number of hydrogen-bond acceptors (Lipinski definition) is 6. The molecule has 0 saturated carbocycles. The molecule has 1 unspecified atom stereocenters. The highest BCUT2D eigenvalue weighted by molar-refractivity contribution is 5.88. The smallest absolute Gasteiger partial charge is 0.345 e. The van der Waals surface area contributed by atoms with Crippen molar-refractivity contribution < 1.29 is 14.3 Å². The molecule has 27 heavy (non-hydrogen) atoms. The molecule has 1 atom stereocenters. The summed E-state index contributed by atoms with van der Waals surface area (Å²) in [4.78, 5) is 47.2. The van der Waals surface area contributed by atoms with E-state index in [4.69, 9.17) is 4.74 Å². The molecule has 0 aliphatic carbocycles. The first-order chi connectivity index (χ1) is 13.0. The van der Waals surface area contributed by atoms with Crippen molar-refractivity contribution in [2.75, 3.05) is 45.9 Å². The summed E-state index contributed by atoms with van der Waals surface area (Å²) < 4.78 is 5.31. The molecule has 1 aromatic rings. The Hall–Kier alpha value is -2.26. The molecule has 0 bridgehead atoms. The number of aromatic amines is 1. The van der Waals surface area contributed by atoms with Gasteiger partial charge in [0.15, 0.2) is 0 Å². The third kappa shape index (κ3) is 4.54. The van der Waals surface area contributed by atoms with Crippen LogP contribution in [0.1, 0.15) is 23.4 Å². The monoisotopic (exact) mass is 377 g/mol. The van der Waals surface area contributed by atoms with Crippen LogP contribution in [0.15, 0.2) is 4.79 Å². The number of nitrogens with one attached hydrogen (secondary N) is 2. The highest BCUT2D eigenvalue weighted by atomic mass is 16.5. The summed E-state index contributed by atoms with van der Waals surface area (Å²) in [5.41, 5.74) is 1.89. The number of H-pyrrole nitrogens is 1. The average molecular weight is 377 g/mol. The van der Waals surface area contributed by atoms with Gasteiger partial charge in [0.05, 0.1) is 13.2 Å². The Labute approximate surface area is 158 Å². The van der Waals surface area contributed by atoms with E-state index in [1.54, 1.807) is 16.7 Å². The van der Waals surface area contributed by atoms with Gasteiger partial charge in [0.25, 0.3) is 0 Å². The second kappa shape index (κ2) is 8.62. The predicted octanol–water partition coefficient (Wildman–Crippen LogP) is -1.02. The van der Waals surface area contributed by atoms with Crippen LogP contribution in [0.4, 0.5) is 0 Å². The van der Waals surface area contributed by atoms with Crippen LogP contribution in [0.2, 0.25) is 0 Å². The maximum absolute atomic E-state index is 12.9. The molecule has 2 saturated heterocycles. The Bertz CT molecular complexity index is 730. The molecule has 2 fully saturated rings. The number of amides is 2. The van der Waals surface area contributed by atoms with E-state index in [1.807, 2.05) is 6.92 Å². The van der Waals surface area contributed by atoms with E-state index >= 15 is 0 Å². The molecule has 2 aliphatic rings. The zero-order valence-electron chi connectivity index (χ0n) is 15.9. The van der Waals surface area contributed by atoms with E-state index in [0.717, 1.165) is 11.3 Å². The van der Waals surface area contributed by atoms with Gasteiger partial charge in [0.1, 0.15) is 6.04 Å². The fourth-order valence-electron chi connectivity index (χ4n) is 3.72. The highest BCUT2D eigenvalue weighted by Crippen LogP contribution is 2.14. The van der Waals surface area contributed by atoms with Crippen LogP contribution in [-0.4, -0.2) is 83.6 Å². The van der Waals surface area contributed by atoms with Gasteiger partial charge in [-0.05, 0) is 25.8 Å². The molecule has 2 amide bonds. The van der Waals surface area contributed by atoms with Gasteiger partial charge < -0.3 is 24.8 Å². The molecule has 0 aromatic carbocycles. The van der Waals surface area contributed by atoms with Gasteiger partial charge in [-0.25, -0.2) is 4.79 Å². The van der Waals surface area contributed by atoms with Gasteiger partial charge in [-0.1, -0.05) is 0 Å². The molecule has 2 aliphatic heterocycles. The zero-order valence-corrected chi connectivity index (χ0v) is 15.9.